The van der Waals surface area contributed by atoms with E-state index in [1.54, 1.807) is 13.8 Å². The number of hydrogen-bond acceptors (Lipinski definition) is 6. The third-order valence-electron chi connectivity index (χ3n) is 6.18. The molecule has 4 atom stereocenters. The lowest BCUT2D eigenvalue weighted by Crippen LogP contribution is -2.57. The van der Waals surface area contributed by atoms with Crippen LogP contribution in [0.5, 0.6) is 0 Å². The van der Waals surface area contributed by atoms with Crippen molar-refractivity contribution in [2.75, 3.05) is 6.54 Å². The Balaban J connectivity index is 2.08. The van der Waals surface area contributed by atoms with Gasteiger partial charge in [-0.3, -0.25) is 19.2 Å². The number of thiol groups is 1. The zero-order valence-corrected chi connectivity index (χ0v) is 23.6. The molecule has 0 aromatic heterocycles. The highest BCUT2D eigenvalue weighted by Gasteiger charge is 2.35. The number of rotatable bonds is 12. The lowest BCUT2D eigenvalue weighted by Gasteiger charge is -2.30. The highest BCUT2D eigenvalue weighted by atomic mass is 32.1. The Kier molecular flexibility index (Phi) is 11.6. The van der Waals surface area contributed by atoms with Crippen LogP contribution in [0, 0.1) is 17.3 Å². The van der Waals surface area contributed by atoms with Crippen LogP contribution in [0.4, 0.5) is 4.79 Å². The second kappa shape index (κ2) is 14.2. The third kappa shape index (κ3) is 10.4. The van der Waals surface area contributed by atoms with E-state index < -0.39 is 47.1 Å². The van der Waals surface area contributed by atoms with Crippen molar-refractivity contribution in [2.24, 2.45) is 17.3 Å². The molecule has 1 aliphatic heterocycles. The van der Waals surface area contributed by atoms with Crippen LogP contribution in [0.25, 0.3) is 0 Å². The predicted molar refractivity (Wildman–Crippen MR) is 146 cm³/mol. The maximum Gasteiger partial charge on any atom is 0.408 e. The van der Waals surface area contributed by atoms with Crippen LogP contribution in [0.2, 0.25) is 0 Å². The molecule has 1 saturated heterocycles. The number of alkyl carbamates (subject to hydrolysis) is 1. The maximum absolute atomic E-state index is 13.3. The summed E-state index contributed by atoms with van der Waals surface area (Å²) in [7, 11) is 0. The molecule has 0 aliphatic carbocycles. The predicted octanol–water partition coefficient (Wildman–Crippen LogP) is 2.33. The molecule has 0 bridgehead atoms. The van der Waals surface area contributed by atoms with E-state index >= 15 is 0 Å². The van der Waals surface area contributed by atoms with Gasteiger partial charge >= 0.3 is 6.09 Å². The van der Waals surface area contributed by atoms with E-state index in [1.807, 2.05) is 51.1 Å². The molecule has 2 rings (SSSR count). The average Bonchev–Trinajstić information content (AvgIpc) is 3.23. The minimum atomic E-state index is -0.988. The molecule has 11 heteroatoms. The van der Waals surface area contributed by atoms with Crippen molar-refractivity contribution in [1.82, 2.24) is 21.3 Å². The number of benzene rings is 1. The highest BCUT2D eigenvalue weighted by molar-refractivity contribution is 7.96. The Morgan fingerprint density at radius 3 is 2.18 bits per heavy atom. The Labute approximate surface area is 229 Å². The lowest BCUT2D eigenvalue weighted by atomic mass is 9.87. The summed E-state index contributed by atoms with van der Waals surface area (Å²) in [5.41, 5.74) is 0.453. The fourth-order valence-corrected chi connectivity index (χ4v) is 4.33. The summed E-state index contributed by atoms with van der Waals surface area (Å²) in [6.07, 6.45) is 0.205. The molecule has 0 unspecified atom stereocenters. The molecular formula is C27H40N4O6S. The molecule has 38 heavy (non-hydrogen) atoms. The zero-order valence-electron chi connectivity index (χ0n) is 22.7. The second-order valence-electron chi connectivity index (χ2n) is 11.2. The number of hydrogen-bond donors (Lipinski definition) is 5. The quantitative estimate of drug-likeness (QED) is 0.254. The van der Waals surface area contributed by atoms with Gasteiger partial charge in [0.15, 0.2) is 0 Å². The SMILES string of the molecule is CC(C)[C@H](NC(=O)OCc1ccccc1)C(=O)N[C@@H](CC(C)(C)C)C(=O)N[C@@H](C[C@@H]1CCNC1=O)C(=O)S. The normalized spacial score (nSPS) is 17.7. The fraction of sp³-hybridized carbons (Fsp3) is 0.593. The number of ether oxygens (including phenoxy) is 1. The first kappa shape index (κ1) is 31.1. The van der Waals surface area contributed by atoms with Crippen molar-refractivity contribution in [3.05, 3.63) is 35.9 Å². The standard InChI is InChI=1S/C27H40N4O6S/c1-16(2)21(31-26(36)37-15-17-9-7-6-8-10-17)24(34)30-20(14-27(3,4)5)23(33)29-19(25(35)38)13-18-11-12-28-22(18)32/h6-10,16,18-21H,11-15H2,1-5H3,(H,28,32)(H,29,33)(H,30,34)(H,31,36)(H,35,38)/t18-,19-,20-,21-/m0/s1. The van der Waals surface area contributed by atoms with Gasteiger partial charge in [-0.25, -0.2) is 4.79 Å². The van der Waals surface area contributed by atoms with Crippen LogP contribution in [-0.2, 0) is 30.5 Å². The summed E-state index contributed by atoms with van der Waals surface area (Å²) < 4.78 is 5.25. The van der Waals surface area contributed by atoms with E-state index in [9.17, 15) is 24.0 Å². The first-order chi connectivity index (χ1) is 17.8. The summed E-state index contributed by atoms with van der Waals surface area (Å²) >= 11 is 3.90. The Hall–Kier alpha value is -3.08. The van der Waals surface area contributed by atoms with Gasteiger partial charge in [0, 0.05) is 12.5 Å². The van der Waals surface area contributed by atoms with Crippen LogP contribution < -0.4 is 21.3 Å². The molecule has 210 valence electrons. The maximum atomic E-state index is 13.3. The molecular weight excluding hydrogens is 508 g/mol. The van der Waals surface area contributed by atoms with Gasteiger partial charge in [0.05, 0.1) is 6.04 Å². The van der Waals surface area contributed by atoms with E-state index in [1.165, 1.54) is 0 Å². The van der Waals surface area contributed by atoms with E-state index in [0.717, 1.165) is 5.56 Å². The third-order valence-corrected chi connectivity index (χ3v) is 6.49. The first-order valence-electron chi connectivity index (χ1n) is 12.9. The van der Waals surface area contributed by atoms with E-state index in [2.05, 4.69) is 33.9 Å². The molecule has 1 aromatic carbocycles. The first-order valence-corrected chi connectivity index (χ1v) is 13.3. The minimum Gasteiger partial charge on any atom is -0.445 e. The average molecular weight is 549 g/mol. The van der Waals surface area contributed by atoms with Crippen LogP contribution in [0.1, 0.15) is 59.4 Å². The number of nitrogens with one attached hydrogen (secondary N) is 4. The van der Waals surface area contributed by atoms with Gasteiger partial charge in [-0.1, -0.05) is 65.0 Å². The molecule has 4 amide bonds. The molecule has 10 nitrogen and oxygen atoms in total. The van der Waals surface area contributed by atoms with Gasteiger partial charge in [-0.15, -0.1) is 12.6 Å². The van der Waals surface area contributed by atoms with Crippen molar-refractivity contribution < 1.29 is 28.7 Å². The van der Waals surface area contributed by atoms with E-state index in [0.29, 0.717) is 13.0 Å². The fourth-order valence-electron chi connectivity index (χ4n) is 4.16. The molecule has 1 heterocycles. The van der Waals surface area contributed by atoms with Crippen molar-refractivity contribution in [3.8, 4) is 0 Å². The molecule has 0 radical (unpaired) electrons. The monoisotopic (exact) mass is 548 g/mol. The highest BCUT2D eigenvalue weighted by Crippen LogP contribution is 2.22. The van der Waals surface area contributed by atoms with Crippen molar-refractivity contribution in [3.63, 3.8) is 0 Å². The summed E-state index contributed by atoms with van der Waals surface area (Å²) in [5.74, 6) is -1.98. The lowest BCUT2D eigenvalue weighted by molar-refractivity contribution is -0.132. The topological polar surface area (TPSA) is 143 Å². The zero-order chi connectivity index (χ0) is 28.5. The van der Waals surface area contributed by atoms with Gasteiger partial charge in [0.2, 0.25) is 22.8 Å². The molecule has 1 aromatic rings. The largest absolute Gasteiger partial charge is 0.445 e. The Bertz CT molecular complexity index is 995. The molecule has 1 fully saturated rings. The molecule has 1 aliphatic rings. The summed E-state index contributed by atoms with van der Waals surface area (Å²) in [6.45, 7) is 9.86. The molecule has 0 spiro atoms. The number of amides is 4. The molecule has 0 saturated carbocycles. The van der Waals surface area contributed by atoms with Crippen molar-refractivity contribution >= 4 is 41.6 Å². The van der Waals surface area contributed by atoms with Crippen LogP contribution in [0.15, 0.2) is 30.3 Å². The van der Waals surface area contributed by atoms with Gasteiger partial charge in [-0.05, 0) is 36.2 Å². The van der Waals surface area contributed by atoms with Crippen molar-refractivity contribution in [1.29, 1.82) is 0 Å². The van der Waals surface area contributed by atoms with E-state index in [4.69, 9.17) is 4.74 Å². The van der Waals surface area contributed by atoms with Crippen LogP contribution in [-0.4, -0.2) is 53.6 Å². The van der Waals surface area contributed by atoms with Gasteiger partial charge in [0.25, 0.3) is 0 Å². The summed E-state index contributed by atoms with van der Waals surface area (Å²) in [5, 5.41) is 10.1. The smallest absolute Gasteiger partial charge is 0.408 e. The van der Waals surface area contributed by atoms with Crippen molar-refractivity contribution in [2.45, 2.75) is 78.6 Å². The van der Waals surface area contributed by atoms with E-state index in [-0.39, 0.29) is 36.7 Å². The second-order valence-corrected chi connectivity index (χ2v) is 11.6. The number of carbonyl (C=O) groups is 5. The van der Waals surface area contributed by atoms with Crippen LogP contribution >= 0.6 is 12.6 Å². The number of carbonyl (C=O) groups excluding carboxylic acids is 5. The Morgan fingerprint density at radius 1 is 1.03 bits per heavy atom. The Morgan fingerprint density at radius 2 is 1.66 bits per heavy atom. The molecule has 4 N–H and O–H groups in total. The van der Waals surface area contributed by atoms with Gasteiger partial charge in [-0.2, -0.15) is 0 Å². The van der Waals surface area contributed by atoms with Crippen LogP contribution in [0.3, 0.4) is 0 Å². The summed E-state index contributed by atoms with van der Waals surface area (Å²) in [4.78, 5) is 63.1. The van der Waals surface area contributed by atoms with Gasteiger partial charge in [0.1, 0.15) is 18.7 Å². The summed E-state index contributed by atoms with van der Waals surface area (Å²) in [6, 6.07) is 6.22. The minimum absolute atomic E-state index is 0.0479. The van der Waals surface area contributed by atoms with Gasteiger partial charge < -0.3 is 26.0 Å².